The minimum absolute atomic E-state index is 0.262. The minimum atomic E-state index is -1.07. The van der Waals surface area contributed by atoms with Crippen LogP contribution in [0.5, 0.6) is 0 Å². The largest absolute Gasteiger partial charge is 0.358 e. The molecule has 4 amide bonds. The maximum Gasteiger partial charge on any atom is 0.325 e. The summed E-state index contributed by atoms with van der Waals surface area (Å²) in [5.41, 5.74) is -0.316. The Morgan fingerprint density at radius 1 is 1.27 bits per heavy atom. The predicted molar refractivity (Wildman–Crippen MR) is 82.0 cm³/mol. The highest BCUT2D eigenvalue weighted by molar-refractivity contribution is 6.09. The van der Waals surface area contributed by atoms with Gasteiger partial charge in [0, 0.05) is 7.05 Å². The molecule has 1 heterocycles. The number of amides is 4. The first kappa shape index (κ1) is 16.0. The van der Waals surface area contributed by atoms with Crippen molar-refractivity contribution >= 4 is 17.8 Å². The molecule has 1 atom stereocenters. The fourth-order valence-electron chi connectivity index (χ4n) is 2.67. The van der Waals surface area contributed by atoms with Crippen LogP contribution in [-0.4, -0.2) is 36.3 Å². The molecule has 1 fully saturated rings. The average molecular weight is 303 g/mol. The Balaban J connectivity index is 2.36. The molecule has 1 aliphatic heterocycles. The van der Waals surface area contributed by atoms with Gasteiger partial charge in [-0.25, -0.2) is 4.79 Å². The van der Waals surface area contributed by atoms with Crippen LogP contribution in [-0.2, 0) is 15.1 Å². The number of likely N-dealkylation sites (N-methyl/N-ethyl adjacent to an activating group) is 1. The summed E-state index contributed by atoms with van der Waals surface area (Å²) in [5.74, 6) is -0.733. The van der Waals surface area contributed by atoms with E-state index in [0.29, 0.717) is 6.42 Å². The third kappa shape index (κ3) is 2.81. The summed E-state index contributed by atoms with van der Waals surface area (Å²) >= 11 is 0. The van der Waals surface area contributed by atoms with E-state index in [4.69, 9.17) is 0 Å². The molecule has 6 heteroatoms. The number of carbonyl (C=O) groups excluding carboxylic acids is 3. The van der Waals surface area contributed by atoms with E-state index < -0.39 is 11.6 Å². The standard InChI is InChI=1S/C16H21N3O3/c1-3-4-10-16(12-8-6-5-7-9-12)14(21)19(15(22)18-16)11-13(20)17-2/h5-9H,3-4,10-11H2,1-2H3,(H,17,20)(H,18,22). The number of rotatable bonds is 6. The monoisotopic (exact) mass is 303 g/mol. The Labute approximate surface area is 129 Å². The van der Waals surface area contributed by atoms with Crippen LogP contribution in [0.25, 0.3) is 0 Å². The van der Waals surface area contributed by atoms with Crippen LogP contribution in [0.15, 0.2) is 30.3 Å². The second-order valence-corrected chi connectivity index (χ2v) is 5.37. The van der Waals surface area contributed by atoms with Gasteiger partial charge < -0.3 is 10.6 Å². The number of carbonyl (C=O) groups is 3. The first-order valence-electron chi connectivity index (χ1n) is 7.45. The van der Waals surface area contributed by atoms with Crippen molar-refractivity contribution < 1.29 is 14.4 Å². The first-order valence-corrected chi connectivity index (χ1v) is 7.45. The Bertz CT molecular complexity index is 573. The number of nitrogens with one attached hydrogen (secondary N) is 2. The number of hydrogen-bond acceptors (Lipinski definition) is 3. The molecule has 1 saturated heterocycles. The fraction of sp³-hybridized carbons (Fsp3) is 0.438. The van der Waals surface area contributed by atoms with Gasteiger partial charge in [-0.3, -0.25) is 14.5 Å². The Morgan fingerprint density at radius 3 is 2.55 bits per heavy atom. The van der Waals surface area contributed by atoms with Crippen LogP contribution in [0.3, 0.4) is 0 Å². The number of nitrogens with zero attached hydrogens (tertiary/aromatic N) is 1. The van der Waals surface area contributed by atoms with Crippen molar-refractivity contribution in [3.05, 3.63) is 35.9 Å². The number of benzene rings is 1. The summed E-state index contributed by atoms with van der Waals surface area (Å²) in [6, 6.07) is 8.68. The van der Waals surface area contributed by atoms with Crippen LogP contribution in [0.4, 0.5) is 4.79 Å². The van der Waals surface area contributed by atoms with Crippen LogP contribution < -0.4 is 10.6 Å². The van der Waals surface area contributed by atoms with Gasteiger partial charge in [-0.05, 0) is 12.0 Å². The normalized spacial score (nSPS) is 20.9. The highest BCUT2D eigenvalue weighted by atomic mass is 16.2. The number of imide groups is 1. The number of hydrogen-bond donors (Lipinski definition) is 2. The second-order valence-electron chi connectivity index (χ2n) is 5.37. The molecular weight excluding hydrogens is 282 g/mol. The quantitative estimate of drug-likeness (QED) is 0.779. The Morgan fingerprint density at radius 2 is 1.95 bits per heavy atom. The zero-order valence-electron chi connectivity index (χ0n) is 12.9. The summed E-state index contributed by atoms with van der Waals surface area (Å²) in [6.07, 6.45) is 2.23. The molecule has 1 aliphatic rings. The van der Waals surface area contributed by atoms with E-state index in [-0.39, 0.29) is 18.4 Å². The van der Waals surface area contributed by atoms with Crippen molar-refractivity contribution in [3.8, 4) is 0 Å². The molecular formula is C16H21N3O3. The topological polar surface area (TPSA) is 78.5 Å². The molecule has 0 saturated carbocycles. The van der Waals surface area contributed by atoms with Gasteiger partial charge >= 0.3 is 6.03 Å². The molecule has 0 radical (unpaired) electrons. The maximum absolute atomic E-state index is 12.9. The van der Waals surface area contributed by atoms with Gasteiger partial charge in [0.1, 0.15) is 12.1 Å². The molecule has 22 heavy (non-hydrogen) atoms. The smallest absolute Gasteiger partial charge is 0.325 e. The predicted octanol–water partition coefficient (Wildman–Crippen LogP) is 1.37. The molecule has 0 spiro atoms. The second kappa shape index (κ2) is 6.60. The lowest BCUT2D eigenvalue weighted by atomic mass is 9.85. The molecule has 1 aromatic carbocycles. The third-order valence-electron chi connectivity index (χ3n) is 3.93. The maximum atomic E-state index is 12.9. The molecule has 1 aromatic rings. The van der Waals surface area contributed by atoms with E-state index in [1.807, 2.05) is 37.3 Å². The van der Waals surface area contributed by atoms with E-state index in [9.17, 15) is 14.4 Å². The van der Waals surface area contributed by atoms with Crippen molar-refractivity contribution in [3.63, 3.8) is 0 Å². The fourth-order valence-corrected chi connectivity index (χ4v) is 2.67. The third-order valence-corrected chi connectivity index (χ3v) is 3.93. The molecule has 0 bridgehead atoms. The molecule has 6 nitrogen and oxygen atoms in total. The lowest BCUT2D eigenvalue weighted by Crippen LogP contribution is -2.45. The summed E-state index contributed by atoms with van der Waals surface area (Å²) in [7, 11) is 1.47. The Kier molecular flexibility index (Phi) is 4.80. The van der Waals surface area contributed by atoms with E-state index in [2.05, 4.69) is 10.6 Å². The van der Waals surface area contributed by atoms with Gasteiger partial charge in [-0.1, -0.05) is 50.1 Å². The van der Waals surface area contributed by atoms with Crippen molar-refractivity contribution in [1.82, 2.24) is 15.5 Å². The lowest BCUT2D eigenvalue weighted by molar-refractivity contribution is -0.135. The van der Waals surface area contributed by atoms with Gasteiger partial charge in [0.25, 0.3) is 5.91 Å². The van der Waals surface area contributed by atoms with E-state index in [1.54, 1.807) is 0 Å². The van der Waals surface area contributed by atoms with Crippen molar-refractivity contribution in [2.24, 2.45) is 0 Å². The zero-order chi connectivity index (χ0) is 16.2. The highest BCUT2D eigenvalue weighted by Crippen LogP contribution is 2.33. The number of unbranched alkanes of at least 4 members (excludes halogenated alkanes) is 1. The summed E-state index contributed by atoms with van der Waals surface area (Å²) in [6.45, 7) is 1.77. The number of urea groups is 1. The molecule has 1 unspecified atom stereocenters. The molecule has 118 valence electrons. The highest BCUT2D eigenvalue weighted by Gasteiger charge is 2.52. The van der Waals surface area contributed by atoms with Crippen molar-refractivity contribution in [2.75, 3.05) is 13.6 Å². The van der Waals surface area contributed by atoms with Gasteiger partial charge in [0.2, 0.25) is 5.91 Å². The van der Waals surface area contributed by atoms with Crippen molar-refractivity contribution in [1.29, 1.82) is 0 Å². The minimum Gasteiger partial charge on any atom is -0.358 e. The van der Waals surface area contributed by atoms with Crippen molar-refractivity contribution in [2.45, 2.75) is 31.7 Å². The van der Waals surface area contributed by atoms with Crippen LogP contribution in [0.2, 0.25) is 0 Å². The zero-order valence-corrected chi connectivity index (χ0v) is 12.9. The molecule has 2 rings (SSSR count). The van der Waals surface area contributed by atoms with E-state index in [1.165, 1.54) is 7.05 Å². The van der Waals surface area contributed by atoms with Gasteiger partial charge in [0.05, 0.1) is 0 Å². The summed E-state index contributed by atoms with van der Waals surface area (Å²) in [5, 5.41) is 5.24. The van der Waals surface area contributed by atoms with Gasteiger partial charge in [0.15, 0.2) is 0 Å². The molecule has 0 aromatic heterocycles. The van der Waals surface area contributed by atoms with Gasteiger partial charge in [-0.15, -0.1) is 0 Å². The van der Waals surface area contributed by atoms with Gasteiger partial charge in [-0.2, -0.15) is 0 Å². The Hall–Kier alpha value is -2.37. The summed E-state index contributed by atoms with van der Waals surface area (Å²) < 4.78 is 0. The summed E-state index contributed by atoms with van der Waals surface area (Å²) in [4.78, 5) is 37.6. The average Bonchev–Trinajstić information content (AvgIpc) is 2.78. The van der Waals surface area contributed by atoms with Crippen LogP contribution in [0, 0.1) is 0 Å². The van der Waals surface area contributed by atoms with Crippen LogP contribution >= 0.6 is 0 Å². The molecule has 0 aliphatic carbocycles. The first-order chi connectivity index (χ1) is 10.5. The SMILES string of the molecule is CCCCC1(c2ccccc2)NC(=O)N(CC(=O)NC)C1=O. The molecule has 2 N–H and O–H groups in total. The van der Waals surface area contributed by atoms with Crippen LogP contribution in [0.1, 0.15) is 31.7 Å². The van der Waals surface area contributed by atoms with E-state index >= 15 is 0 Å². The lowest BCUT2D eigenvalue weighted by Gasteiger charge is -2.27. The van der Waals surface area contributed by atoms with E-state index in [0.717, 1.165) is 23.3 Å².